The Bertz CT molecular complexity index is 562. The van der Waals surface area contributed by atoms with E-state index < -0.39 is 5.54 Å². The van der Waals surface area contributed by atoms with Crippen molar-refractivity contribution in [2.45, 2.75) is 51.5 Å². The number of anilines is 1. The summed E-state index contributed by atoms with van der Waals surface area (Å²) in [5, 5.41) is 2.97. The van der Waals surface area contributed by atoms with E-state index in [2.05, 4.69) is 17.1 Å². The van der Waals surface area contributed by atoms with Gasteiger partial charge >= 0.3 is 5.97 Å². The number of carbonyl (C=O) groups excluding carboxylic acids is 2. The molecule has 1 fully saturated rings. The molecule has 0 aliphatic heterocycles. The van der Waals surface area contributed by atoms with Crippen LogP contribution in [0.25, 0.3) is 0 Å². The highest BCUT2D eigenvalue weighted by atomic mass is 16.5. The lowest BCUT2D eigenvalue weighted by Crippen LogP contribution is -2.56. The number of ether oxygens (including phenoxy) is 1. The highest BCUT2D eigenvalue weighted by Gasteiger charge is 2.42. The molecule has 0 unspecified atom stereocenters. The maximum Gasteiger partial charge on any atom is 0.331 e. The molecule has 1 aromatic carbocycles. The molecule has 24 heavy (non-hydrogen) atoms. The lowest BCUT2D eigenvalue weighted by Gasteiger charge is -2.35. The summed E-state index contributed by atoms with van der Waals surface area (Å²) in [4.78, 5) is 27.2. The first-order valence-electron chi connectivity index (χ1n) is 8.83. The number of nitrogens with zero attached hydrogens (tertiary/aromatic N) is 1. The third-order valence-electron chi connectivity index (χ3n) is 4.77. The van der Waals surface area contributed by atoms with Gasteiger partial charge in [-0.2, -0.15) is 0 Å². The zero-order chi connectivity index (χ0) is 17.6. The smallest absolute Gasteiger partial charge is 0.331 e. The first kappa shape index (κ1) is 18.3. The van der Waals surface area contributed by atoms with Crippen molar-refractivity contribution in [1.29, 1.82) is 0 Å². The molecule has 1 aliphatic carbocycles. The summed E-state index contributed by atoms with van der Waals surface area (Å²) < 4.78 is 5.23. The zero-order valence-electron chi connectivity index (χ0n) is 14.9. The van der Waals surface area contributed by atoms with E-state index in [4.69, 9.17) is 4.74 Å². The standard InChI is InChI=1S/C19H28N2O3/c1-4-21(3)16-11-9-15(10-12-16)17(22)20-19(18(23)24-5-2)13-7-6-8-14-19/h9-12H,4-8,13-14H2,1-3H3,(H,20,22). The molecule has 0 saturated heterocycles. The van der Waals surface area contributed by atoms with E-state index in [1.807, 2.05) is 19.2 Å². The molecule has 5 nitrogen and oxygen atoms in total. The van der Waals surface area contributed by atoms with E-state index in [1.165, 1.54) is 0 Å². The summed E-state index contributed by atoms with van der Waals surface area (Å²) in [5.74, 6) is -0.518. The van der Waals surface area contributed by atoms with E-state index in [9.17, 15) is 9.59 Å². The van der Waals surface area contributed by atoms with Crippen LogP contribution in [0.4, 0.5) is 5.69 Å². The molecule has 132 valence electrons. The Morgan fingerprint density at radius 3 is 2.29 bits per heavy atom. The third kappa shape index (κ3) is 4.08. The van der Waals surface area contributed by atoms with Crippen molar-refractivity contribution in [3.05, 3.63) is 29.8 Å². The summed E-state index contributed by atoms with van der Waals surface area (Å²) in [6, 6.07) is 7.46. The van der Waals surface area contributed by atoms with Gasteiger partial charge in [-0.3, -0.25) is 4.79 Å². The molecule has 0 heterocycles. The van der Waals surface area contributed by atoms with Gasteiger partial charge in [-0.05, 0) is 51.0 Å². The Labute approximate surface area is 144 Å². The van der Waals surface area contributed by atoms with E-state index in [0.717, 1.165) is 31.5 Å². The Balaban J connectivity index is 2.14. The average Bonchev–Trinajstić information content (AvgIpc) is 2.62. The minimum Gasteiger partial charge on any atom is -0.464 e. The number of hydrogen-bond acceptors (Lipinski definition) is 4. The van der Waals surface area contributed by atoms with Crippen LogP contribution in [0.2, 0.25) is 0 Å². The van der Waals surface area contributed by atoms with E-state index >= 15 is 0 Å². The Morgan fingerprint density at radius 1 is 1.12 bits per heavy atom. The average molecular weight is 332 g/mol. The van der Waals surface area contributed by atoms with Crippen LogP contribution in [0.5, 0.6) is 0 Å². The van der Waals surface area contributed by atoms with Crippen molar-refractivity contribution in [2.75, 3.05) is 25.1 Å². The van der Waals surface area contributed by atoms with Gasteiger partial charge < -0.3 is 15.0 Å². The van der Waals surface area contributed by atoms with Crippen LogP contribution < -0.4 is 10.2 Å². The fourth-order valence-electron chi connectivity index (χ4n) is 3.14. The fraction of sp³-hybridized carbons (Fsp3) is 0.579. The van der Waals surface area contributed by atoms with Gasteiger partial charge in [-0.15, -0.1) is 0 Å². The molecule has 1 aliphatic rings. The molecule has 1 amide bonds. The number of carbonyl (C=O) groups is 2. The molecule has 2 rings (SSSR count). The van der Waals surface area contributed by atoms with Crippen molar-refractivity contribution in [3.63, 3.8) is 0 Å². The van der Waals surface area contributed by atoms with Crippen molar-refractivity contribution in [1.82, 2.24) is 5.32 Å². The van der Waals surface area contributed by atoms with E-state index in [1.54, 1.807) is 19.1 Å². The van der Waals surface area contributed by atoms with Crippen molar-refractivity contribution >= 4 is 17.6 Å². The zero-order valence-corrected chi connectivity index (χ0v) is 14.9. The first-order chi connectivity index (χ1) is 11.5. The Kier molecular flexibility index (Phi) is 6.23. The number of rotatable bonds is 6. The molecule has 0 radical (unpaired) electrons. The van der Waals surface area contributed by atoms with Crippen molar-refractivity contribution in [3.8, 4) is 0 Å². The monoisotopic (exact) mass is 332 g/mol. The molecule has 1 aromatic rings. The summed E-state index contributed by atoms with van der Waals surface area (Å²) in [5.41, 5.74) is 0.758. The molecular formula is C19H28N2O3. The Hall–Kier alpha value is -2.04. The summed E-state index contributed by atoms with van der Waals surface area (Å²) >= 11 is 0. The van der Waals surface area contributed by atoms with Gasteiger partial charge in [0.05, 0.1) is 6.61 Å². The maximum atomic E-state index is 12.6. The second kappa shape index (κ2) is 8.18. The quantitative estimate of drug-likeness (QED) is 0.813. The second-order valence-corrected chi connectivity index (χ2v) is 6.38. The minimum atomic E-state index is -0.871. The highest BCUT2D eigenvalue weighted by molar-refractivity contribution is 5.98. The van der Waals surface area contributed by atoms with Crippen molar-refractivity contribution in [2.24, 2.45) is 0 Å². The molecule has 5 heteroatoms. The molecule has 1 N–H and O–H groups in total. The van der Waals surface area contributed by atoms with E-state index in [0.29, 0.717) is 25.0 Å². The molecule has 0 atom stereocenters. The normalized spacial score (nSPS) is 16.3. The van der Waals surface area contributed by atoms with Gasteiger partial charge in [0.1, 0.15) is 5.54 Å². The number of hydrogen-bond donors (Lipinski definition) is 1. The topological polar surface area (TPSA) is 58.6 Å². The molecular weight excluding hydrogens is 304 g/mol. The third-order valence-corrected chi connectivity index (χ3v) is 4.77. The number of nitrogens with one attached hydrogen (secondary N) is 1. The molecule has 0 bridgehead atoms. The lowest BCUT2D eigenvalue weighted by molar-refractivity contribution is -0.152. The second-order valence-electron chi connectivity index (χ2n) is 6.38. The van der Waals surface area contributed by atoms with Gasteiger partial charge in [0.15, 0.2) is 0 Å². The van der Waals surface area contributed by atoms with Gasteiger partial charge in [0.2, 0.25) is 0 Å². The predicted molar refractivity (Wildman–Crippen MR) is 95.3 cm³/mol. The molecule has 0 spiro atoms. The van der Waals surface area contributed by atoms with Crippen LogP contribution in [-0.2, 0) is 9.53 Å². The Morgan fingerprint density at radius 2 is 1.75 bits per heavy atom. The first-order valence-corrected chi connectivity index (χ1v) is 8.83. The predicted octanol–water partition coefficient (Wildman–Crippen LogP) is 3.14. The largest absolute Gasteiger partial charge is 0.464 e. The van der Waals surface area contributed by atoms with Gasteiger partial charge in [-0.25, -0.2) is 4.79 Å². The summed E-state index contributed by atoms with van der Waals surface area (Å²) in [7, 11) is 2.01. The van der Waals surface area contributed by atoms with Gasteiger partial charge in [-0.1, -0.05) is 19.3 Å². The summed E-state index contributed by atoms with van der Waals surface area (Å²) in [6.07, 6.45) is 4.25. The van der Waals surface area contributed by atoms with Crippen LogP contribution in [0.15, 0.2) is 24.3 Å². The SMILES string of the molecule is CCOC(=O)C1(NC(=O)c2ccc(N(C)CC)cc2)CCCCC1. The maximum absolute atomic E-state index is 12.6. The van der Waals surface area contributed by atoms with Gasteiger partial charge in [0, 0.05) is 24.8 Å². The number of amides is 1. The van der Waals surface area contributed by atoms with E-state index in [-0.39, 0.29) is 11.9 Å². The van der Waals surface area contributed by atoms with Crippen LogP contribution in [0.1, 0.15) is 56.3 Å². The summed E-state index contributed by atoms with van der Waals surface area (Å²) in [6.45, 7) is 5.10. The lowest BCUT2D eigenvalue weighted by atomic mass is 9.81. The van der Waals surface area contributed by atoms with Crippen LogP contribution in [0.3, 0.4) is 0 Å². The number of esters is 1. The number of benzene rings is 1. The highest BCUT2D eigenvalue weighted by Crippen LogP contribution is 2.30. The van der Waals surface area contributed by atoms with Crippen LogP contribution >= 0.6 is 0 Å². The molecule has 0 aromatic heterocycles. The van der Waals surface area contributed by atoms with Crippen molar-refractivity contribution < 1.29 is 14.3 Å². The van der Waals surface area contributed by atoms with Crippen LogP contribution in [0, 0.1) is 0 Å². The minimum absolute atomic E-state index is 0.212. The fourth-order valence-corrected chi connectivity index (χ4v) is 3.14. The molecule has 1 saturated carbocycles. The van der Waals surface area contributed by atoms with Gasteiger partial charge in [0.25, 0.3) is 5.91 Å². The van der Waals surface area contributed by atoms with Crippen LogP contribution in [-0.4, -0.2) is 37.6 Å².